The van der Waals surface area contributed by atoms with Gasteiger partial charge in [-0.25, -0.2) is 0 Å². The predicted molar refractivity (Wildman–Crippen MR) is 145 cm³/mol. The Hall–Kier alpha value is -4.21. The molecule has 0 aliphatic carbocycles. The molecule has 0 aliphatic rings. The Morgan fingerprint density at radius 2 is 1.33 bits per heavy atom. The maximum atomic E-state index is 13.9. The monoisotopic (exact) mass is 645 g/mol. The molecule has 0 N–H and O–H groups in total. The zero-order chi connectivity index (χ0) is 33.2. The average molecular weight is 646 g/mol. The lowest BCUT2D eigenvalue weighted by molar-refractivity contribution is -0.143. The highest BCUT2D eigenvalue weighted by atomic mass is 19.4. The summed E-state index contributed by atoms with van der Waals surface area (Å²) in [4.78, 5) is 8.11. The van der Waals surface area contributed by atoms with Crippen LogP contribution in [-0.2, 0) is 45.2 Å². The molecule has 0 aliphatic heterocycles. The van der Waals surface area contributed by atoms with Gasteiger partial charge in [0.05, 0.1) is 23.7 Å². The third-order valence-electron chi connectivity index (χ3n) is 7.09. The summed E-state index contributed by atoms with van der Waals surface area (Å²) in [6.07, 6.45) is -11.2. The maximum absolute atomic E-state index is 13.9. The van der Waals surface area contributed by atoms with Crippen molar-refractivity contribution in [3.63, 3.8) is 0 Å². The molecule has 1 unspecified atom stereocenters. The van der Waals surface area contributed by atoms with Crippen LogP contribution in [0.3, 0.4) is 0 Å². The highest BCUT2D eigenvalue weighted by molar-refractivity contribution is 5.42. The van der Waals surface area contributed by atoms with Crippen LogP contribution in [0.2, 0.25) is 0 Å². The predicted octanol–water partition coefficient (Wildman–Crippen LogP) is 7.45. The van der Waals surface area contributed by atoms with Crippen molar-refractivity contribution < 1.29 is 39.5 Å². The molecule has 7 nitrogen and oxygen atoms in total. The van der Waals surface area contributed by atoms with E-state index in [2.05, 4.69) is 20.4 Å². The summed E-state index contributed by atoms with van der Waals surface area (Å²) in [7, 11) is 3.18. The molecule has 2 heterocycles. The quantitative estimate of drug-likeness (QED) is 0.167. The number of hydrogen-bond acceptors (Lipinski definition) is 6. The fraction of sp³-hybridized carbons (Fsp3) is 0.379. The van der Waals surface area contributed by atoms with E-state index in [9.17, 15) is 39.5 Å². The standard InChI is InChI=1S/C29H28F9N7/c1-4-25(43(2)15-18-7-9-39-10-8-18)24-6-5-21(27(30,31)32)13-20(24)17-45(26-40-42-44(3)41-26)16-19-11-22(28(33,34)35)14-23(12-19)29(36,37)38/h5-14,25H,4,15-17H2,1-3H3. The molecule has 0 saturated carbocycles. The normalized spacial score (nSPS) is 13.4. The Kier molecular flexibility index (Phi) is 9.75. The molecule has 1 atom stereocenters. The van der Waals surface area contributed by atoms with E-state index in [1.165, 1.54) is 18.0 Å². The number of anilines is 1. The second-order valence-corrected chi connectivity index (χ2v) is 10.5. The number of pyridine rings is 1. The summed E-state index contributed by atoms with van der Waals surface area (Å²) < 4.78 is 123. The minimum absolute atomic E-state index is 0.00377. The van der Waals surface area contributed by atoms with Crippen LogP contribution in [0, 0.1) is 0 Å². The highest BCUT2D eigenvalue weighted by Crippen LogP contribution is 2.38. The largest absolute Gasteiger partial charge is 0.416 e. The molecular formula is C29H28F9N7. The summed E-state index contributed by atoms with van der Waals surface area (Å²) in [5.41, 5.74) is -2.91. The van der Waals surface area contributed by atoms with Crippen molar-refractivity contribution in [3.8, 4) is 0 Å². The summed E-state index contributed by atoms with van der Waals surface area (Å²) in [5, 5.41) is 11.6. The van der Waals surface area contributed by atoms with Crippen LogP contribution in [0.15, 0.2) is 60.9 Å². The molecule has 242 valence electrons. The van der Waals surface area contributed by atoms with E-state index in [1.807, 2.05) is 11.8 Å². The topological polar surface area (TPSA) is 63.0 Å². The SMILES string of the molecule is CCC(c1ccc(C(F)(F)F)cc1CN(Cc1cc(C(F)(F)F)cc(C(F)(F)F)c1)c1nnn(C)n1)N(C)Cc1ccncc1. The number of aryl methyl sites for hydroxylation is 1. The van der Waals surface area contributed by atoms with E-state index in [0.717, 1.165) is 22.5 Å². The van der Waals surface area contributed by atoms with E-state index in [1.54, 1.807) is 31.6 Å². The van der Waals surface area contributed by atoms with Crippen molar-refractivity contribution in [2.45, 2.75) is 57.5 Å². The molecule has 4 rings (SSSR count). The molecule has 0 spiro atoms. The van der Waals surface area contributed by atoms with Gasteiger partial charge in [0, 0.05) is 38.1 Å². The van der Waals surface area contributed by atoms with Gasteiger partial charge in [0.15, 0.2) is 0 Å². The van der Waals surface area contributed by atoms with Gasteiger partial charge in [-0.1, -0.05) is 18.1 Å². The first-order chi connectivity index (χ1) is 21.0. The lowest BCUT2D eigenvalue weighted by Gasteiger charge is -2.31. The van der Waals surface area contributed by atoms with Crippen LogP contribution in [0.1, 0.15) is 58.3 Å². The van der Waals surface area contributed by atoms with Crippen molar-refractivity contribution in [3.05, 3.63) is 99.9 Å². The number of aromatic nitrogens is 5. The van der Waals surface area contributed by atoms with E-state index in [4.69, 9.17) is 0 Å². The second-order valence-electron chi connectivity index (χ2n) is 10.5. The number of halogens is 9. The number of rotatable bonds is 10. The fourth-order valence-electron chi connectivity index (χ4n) is 5.03. The van der Waals surface area contributed by atoms with Crippen molar-refractivity contribution in [1.82, 2.24) is 30.1 Å². The molecular weight excluding hydrogens is 617 g/mol. The zero-order valence-corrected chi connectivity index (χ0v) is 24.2. The molecule has 2 aromatic carbocycles. The Labute approximate surface area is 252 Å². The first kappa shape index (κ1) is 33.7. The van der Waals surface area contributed by atoms with Crippen LogP contribution < -0.4 is 4.90 Å². The van der Waals surface area contributed by atoms with Gasteiger partial charge < -0.3 is 4.90 Å². The first-order valence-corrected chi connectivity index (χ1v) is 13.5. The third-order valence-corrected chi connectivity index (χ3v) is 7.09. The molecule has 0 saturated heterocycles. The summed E-state index contributed by atoms with van der Waals surface area (Å²) >= 11 is 0. The first-order valence-electron chi connectivity index (χ1n) is 13.5. The van der Waals surface area contributed by atoms with Crippen molar-refractivity contribution in [2.75, 3.05) is 11.9 Å². The minimum Gasteiger partial charge on any atom is -0.330 e. The van der Waals surface area contributed by atoms with Crippen molar-refractivity contribution >= 4 is 5.95 Å². The van der Waals surface area contributed by atoms with Gasteiger partial charge in [-0.05, 0) is 83.4 Å². The molecule has 4 aromatic rings. The lowest BCUT2D eigenvalue weighted by atomic mass is 9.94. The van der Waals surface area contributed by atoms with E-state index in [-0.39, 0.29) is 24.1 Å². The molecule has 16 heteroatoms. The summed E-state index contributed by atoms with van der Waals surface area (Å²) in [5.74, 6) is -0.204. The third kappa shape index (κ3) is 8.49. The highest BCUT2D eigenvalue weighted by Gasteiger charge is 2.37. The molecule has 0 radical (unpaired) electrons. The van der Waals surface area contributed by atoms with Gasteiger partial charge >= 0.3 is 18.5 Å². The van der Waals surface area contributed by atoms with Crippen LogP contribution in [-0.4, -0.2) is 37.1 Å². The van der Waals surface area contributed by atoms with Crippen molar-refractivity contribution in [1.29, 1.82) is 0 Å². The van der Waals surface area contributed by atoms with Crippen LogP contribution in [0.4, 0.5) is 45.5 Å². The van der Waals surface area contributed by atoms with Gasteiger partial charge in [0.2, 0.25) is 0 Å². The number of tetrazole rings is 1. The van der Waals surface area contributed by atoms with Gasteiger partial charge in [-0.15, -0.1) is 5.10 Å². The van der Waals surface area contributed by atoms with Crippen LogP contribution in [0.25, 0.3) is 0 Å². The number of alkyl halides is 9. The Balaban J connectivity index is 1.80. The van der Waals surface area contributed by atoms with E-state index >= 15 is 0 Å². The Morgan fingerprint density at radius 1 is 0.733 bits per heavy atom. The number of benzene rings is 2. The lowest BCUT2D eigenvalue weighted by Crippen LogP contribution is -2.28. The molecule has 2 aromatic heterocycles. The van der Waals surface area contributed by atoms with Gasteiger partial charge in [0.1, 0.15) is 0 Å². The van der Waals surface area contributed by atoms with Gasteiger partial charge in [-0.2, -0.15) is 44.3 Å². The fourth-order valence-corrected chi connectivity index (χ4v) is 5.03. The molecule has 45 heavy (non-hydrogen) atoms. The average Bonchev–Trinajstić information content (AvgIpc) is 3.39. The Morgan fingerprint density at radius 3 is 1.84 bits per heavy atom. The second kappa shape index (κ2) is 13.0. The zero-order valence-electron chi connectivity index (χ0n) is 24.2. The van der Waals surface area contributed by atoms with Crippen LogP contribution in [0.5, 0.6) is 0 Å². The molecule has 0 bridgehead atoms. The number of nitrogens with zero attached hydrogens (tertiary/aromatic N) is 7. The van der Waals surface area contributed by atoms with Gasteiger partial charge in [0.25, 0.3) is 5.95 Å². The molecule has 0 fully saturated rings. The van der Waals surface area contributed by atoms with E-state index in [0.29, 0.717) is 30.7 Å². The summed E-state index contributed by atoms with van der Waals surface area (Å²) in [6.45, 7) is 1.28. The minimum atomic E-state index is -5.09. The maximum Gasteiger partial charge on any atom is 0.416 e. The Bertz CT molecular complexity index is 1550. The van der Waals surface area contributed by atoms with Gasteiger partial charge in [-0.3, -0.25) is 9.88 Å². The van der Waals surface area contributed by atoms with Crippen molar-refractivity contribution in [2.24, 2.45) is 7.05 Å². The smallest absolute Gasteiger partial charge is 0.330 e. The number of hydrogen-bond donors (Lipinski definition) is 0. The van der Waals surface area contributed by atoms with Crippen LogP contribution >= 0.6 is 0 Å². The van der Waals surface area contributed by atoms with E-state index < -0.39 is 53.4 Å². The summed E-state index contributed by atoms with van der Waals surface area (Å²) in [6, 6.07) is 7.49. The molecule has 0 amide bonds.